The van der Waals surface area contributed by atoms with E-state index in [9.17, 15) is 4.79 Å². The van der Waals surface area contributed by atoms with Crippen molar-refractivity contribution in [1.82, 2.24) is 0 Å². The highest BCUT2D eigenvalue weighted by molar-refractivity contribution is 8.00. The Morgan fingerprint density at radius 2 is 1.44 bits per heavy atom. The predicted octanol–water partition coefficient (Wildman–Crippen LogP) is 5.04. The van der Waals surface area contributed by atoms with Crippen molar-refractivity contribution >= 4 is 17.5 Å². The molecule has 0 N–H and O–H groups in total. The zero-order valence-corrected chi connectivity index (χ0v) is 14.3. The first-order valence-electron chi connectivity index (χ1n) is 7.35. The quantitative estimate of drug-likeness (QED) is 0.616. The molecule has 0 fully saturated rings. The van der Waals surface area contributed by atoms with Gasteiger partial charge in [0.15, 0.2) is 0 Å². The smallest absolute Gasteiger partial charge is 0.139 e. The number of hydrogen-bond donors (Lipinski definition) is 0. The van der Waals surface area contributed by atoms with E-state index in [-0.39, 0.29) is 11.8 Å². The Balaban J connectivity index is 5.03. The SMILES string of the molecule is CC(C)CC(C(=O)C(C)C)C(SC(C)C)C(C)C. The molecule has 0 rings (SSSR count). The second-order valence-corrected chi connectivity index (χ2v) is 8.45. The number of Topliss-reactive ketones (excluding diaryl/α,β-unsaturated/α-hetero) is 1. The van der Waals surface area contributed by atoms with Gasteiger partial charge in [-0.05, 0) is 23.5 Å². The van der Waals surface area contributed by atoms with Crippen LogP contribution in [0.5, 0.6) is 0 Å². The summed E-state index contributed by atoms with van der Waals surface area (Å²) in [5.41, 5.74) is 0. The topological polar surface area (TPSA) is 17.1 Å². The fourth-order valence-corrected chi connectivity index (χ4v) is 3.76. The maximum absolute atomic E-state index is 12.5. The zero-order chi connectivity index (χ0) is 14.5. The number of hydrogen-bond acceptors (Lipinski definition) is 2. The summed E-state index contributed by atoms with van der Waals surface area (Å²) in [6.45, 7) is 17.5. The molecule has 18 heavy (non-hydrogen) atoms. The summed E-state index contributed by atoms with van der Waals surface area (Å²) in [6, 6.07) is 0. The molecule has 0 aromatic heterocycles. The van der Waals surface area contributed by atoms with Gasteiger partial charge in [0.1, 0.15) is 5.78 Å². The number of rotatable bonds is 8. The van der Waals surface area contributed by atoms with E-state index in [1.807, 2.05) is 25.6 Å². The van der Waals surface area contributed by atoms with E-state index >= 15 is 0 Å². The monoisotopic (exact) mass is 272 g/mol. The molecular weight excluding hydrogens is 240 g/mol. The highest BCUT2D eigenvalue weighted by Crippen LogP contribution is 2.35. The van der Waals surface area contributed by atoms with Crippen molar-refractivity contribution in [3.8, 4) is 0 Å². The largest absolute Gasteiger partial charge is 0.299 e. The number of carbonyl (C=O) groups is 1. The van der Waals surface area contributed by atoms with E-state index in [0.717, 1.165) is 6.42 Å². The Labute approximate surface area is 118 Å². The molecule has 0 aliphatic heterocycles. The van der Waals surface area contributed by atoms with Crippen LogP contribution in [0.1, 0.15) is 61.8 Å². The van der Waals surface area contributed by atoms with Gasteiger partial charge in [-0.1, -0.05) is 55.4 Å². The van der Waals surface area contributed by atoms with Crippen molar-refractivity contribution in [2.45, 2.75) is 72.3 Å². The van der Waals surface area contributed by atoms with Crippen molar-refractivity contribution in [2.24, 2.45) is 23.7 Å². The second kappa shape index (κ2) is 8.24. The second-order valence-electron chi connectivity index (χ2n) is 6.69. The Morgan fingerprint density at radius 1 is 0.944 bits per heavy atom. The number of thioether (sulfide) groups is 1. The molecule has 0 saturated carbocycles. The molecule has 108 valence electrons. The van der Waals surface area contributed by atoms with E-state index in [4.69, 9.17) is 0 Å². The van der Waals surface area contributed by atoms with Crippen LogP contribution in [0.4, 0.5) is 0 Å². The molecule has 2 heteroatoms. The van der Waals surface area contributed by atoms with Crippen molar-refractivity contribution < 1.29 is 4.79 Å². The molecule has 0 aromatic rings. The normalized spacial score (nSPS) is 15.8. The van der Waals surface area contributed by atoms with Crippen molar-refractivity contribution in [1.29, 1.82) is 0 Å². The van der Waals surface area contributed by atoms with Gasteiger partial charge in [-0.25, -0.2) is 0 Å². The zero-order valence-electron chi connectivity index (χ0n) is 13.5. The van der Waals surface area contributed by atoms with Crippen LogP contribution in [-0.4, -0.2) is 16.3 Å². The van der Waals surface area contributed by atoms with Crippen LogP contribution in [0, 0.1) is 23.7 Å². The van der Waals surface area contributed by atoms with Gasteiger partial charge in [-0.15, -0.1) is 0 Å². The minimum Gasteiger partial charge on any atom is -0.299 e. The van der Waals surface area contributed by atoms with Crippen LogP contribution < -0.4 is 0 Å². The van der Waals surface area contributed by atoms with Crippen molar-refractivity contribution in [3.63, 3.8) is 0 Å². The van der Waals surface area contributed by atoms with Crippen molar-refractivity contribution in [3.05, 3.63) is 0 Å². The maximum Gasteiger partial charge on any atom is 0.139 e. The van der Waals surface area contributed by atoms with Gasteiger partial charge in [-0.2, -0.15) is 11.8 Å². The maximum atomic E-state index is 12.5. The molecule has 2 atom stereocenters. The van der Waals surface area contributed by atoms with Gasteiger partial charge in [0.05, 0.1) is 0 Å². The average molecular weight is 272 g/mol. The van der Waals surface area contributed by atoms with Gasteiger partial charge in [0.25, 0.3) is 0 Å². The van der Waals surface area contributed by atoms with Crippen LogP contribution in [-0.2, 0) is 4.79 Å². The number of carbonyl (C=O) groups excluding carboxylic acids is 1. The molecular formula is C16H32OS. The first-order valence-corrected chi connectivity index (χ1v) is 8.30. The summed E-state index contributed by atoms with van der Waals surface area (Å²) in [5.74, 6) is 1.98. The lowest BCUT2D eigenvalue weighted by atomic mass is 9.82. The molecule has 0 spiro atoms. The lowest BCUT2D eigenvalue weighted by molar-refractivity contribution is -0.126. The summed E-state index contributed by atoms with van der Waals surface area (Å²) in [5, 5.41) is 1.05. The first-order chi connectivity index (χ1) is 8.16. The summed E-state index contributed by atoms with van der Waals surface area (Å²) in [6.07, 6.45) is 1.03. The summed E-state index contributed by atoms with van der Waals surface area (Å²) >= 11 is 1.98. The van der Waals surface area contributed by atoms with Crippen LogP contribution >= 0.6 is 11.8 Å². The molecule has 0 saturated heterocycles. The van der Waals surface area contributed by atoms with Gasteiger partial charge in [0, 0.05) is 17.1 Å². The Bertz CT molecular complexity index is 243. The highest BCUT2D eigenvalue weighted by Gasteiger charge is 2.33. The molecule has 0 aromatic carbocycles. The molecule has 0 bridgehead atoms. The Kier molecular flexibility index (Phi) is 8.25. The molecule has 0 radical (unpaired) electrons. The predicted molar refractivity (Wildman–Crippen MR) is 84.1 cm³/mol. The van der Waals surface area contributed by atoms with Gasteiger partial charge in [0.2, 0.25) is 0 Å². The fourth-order valence-electron chi connectivity index (χ4n) is 2.38. The lowest BCUT2D eigenvalue weighted by Crippen LogP contribution is -2.34. The number of ketones is 1. The minimum atomic E-state index is 0.155. The minimum absolute atomic E-state index is 0.155. The average Bonchev–Trinajstić information content (AvgIpc) is 2.20. The summed E-state index contributed by atoms with van der Waals surface area (Å²) in [7, 11) is 0. The molecule has 0 aliphatic carbocycles. The van der Waals surface area contributed by atoms with Crippen LogP contribution in [0.3, 0.4) is 0 Å². The molecule has 1 nitrogen and oxygen atoms in total. The summed E-state index contributed by atoms with van der Waals surface area (Å²) < 4.78 is 0. The first kappa shape index (κ1) is 18.0. The van der Waals surface area contributed by atoms with E-state index in [2.05, 4.69) is 41.5 Å². The Hall–Kier alpha value is 0.0200. The fraction of sp³-hybridized carbons (Fsp3) is 0.938. The van der Waals surface area contributed by atoms with Crippen LogP contribution in [0.25, 0.3) is 0 Å². The van der Waals surface area contributed by atoms with E-state index in [1.165, 1.54) is 0 Å². The highest BCUT2D eigenvalue weighted by atomic mass is 32.2. The van der Waals surface area contributed by atoms with Crippen LogP contribution in [0.15, 0.2) is 0 Å². The van der Waals surface area contributed by atoms with Crippen molar-refractivity contribution in [2.75, 3.05) is 0 Å². The molecule has 0 heterocycles. The molecule has 0 amide bonds. The van der Waals surface area contributed by atoms with Gasteiger partial charge in [-0.3, -0.25) is 4.79 Å². The third kappa shape index (κ3) is 6.26. The standard InChI is InChI=1S/C16H32OS/c1-10(2)9-14(15(17)11(3)4)16(12(5)6)18-13(7)8/h10-14,16H,9H2,1-8H3. The third-order valence-electron chi connectivity index (χ3n) is 3.14. The van der Waals surface area contributed by atoms with Crippen LogP contribution in [0.2, 0.25) is 0 Å². The summed E-state index contributed by atoms with van der Waals surface area (Å²) in [4.78, 5) is 12.5. The van der Waals surface area contributed by atoms with Gasteiger partial charge >= 0.3 is 0 Å². The molecule has 0 aliphatic rings. The Morgan fingerprint density at radius 3 is 1.72 bits per heavy atom. The lowest BCUT2D eigenvalue weighted by Gasteiger charge is -2.32. The van der Waals surface area contributed by atoms with E-state index in [1.54, 1.807) is 0 Å². The van der Waals surface area contributed by atoms with E-state index < -0.39 is 0 Å². The molecule has 2 unspecified atom stereocenters. The van der Waals surface area contributed by atoms with E-state index in [0.29, 0.717) is 28.1 Å². The van der Waals surface area contributed by atoms with Gasteiger partial charge < -0.3 is 0 Å². The third-order valence-corrected chi connectivity index (χ3v) is 4.87.